The van der Waals surface area contributed by atoms with Crippen LogP contribution in [0.1, 0.15) is 0 Å². The highest BCUT2D eigenvalue weighted by Gasteiger charge is 2.15. The second kappa shape index (κ2) is 4.30. The molecule has 3 N–H and O–H groups in total. The number of hydrogen-bond donors (Lipinski definition) is 2. The van der Waals surface area contributed by atoms with E-state index in [1.807, 2.05) is 0 Å². The number of halogens is 3. The summed E-state index contributed by atoms with van der Waals surface area (Å²) in [5, 5.41) is 2.46. The van der Waals surface area contributed by atoms with E-state index in [0.717, 1.165) is 0 Å². The van der Waals surface area contributed by atoms with Crippen LogP contribution in [0.15, 0.2) is 29.1 Å². The third-order valence-corrected chi connectivity index (χ3v) is 4.26. The number of aromatic nitrogens is 1. The Kier molecular flexibility index (Phi) is 2.86. The van der Waals surface area contributed by atoms with Crippen molar-refractivity contribution in [3.05, 3.63) is 49.7 Å². The van der Waals surface area contributed by atoms with E-state index in [-0.39, 0.29) is 20.6 Å². The molecule has 0 saturated heterocycles. The first-order chi connectivity index (χ1) is 9.00. The predicted molar refractivity (Wildman–Crippen MR) is 81.5 cm³/mol. The summed E-state index contributed by atoms with van der Waals surface area (Å²) in [7, 11) is 0. The van der Waals surface area contributed by atoms with Gasteiger partial charge in [0.1, 0.15) is 0 Å². The first-order valence-corrected chi connectivity index (χ1v) is 6.52. The van der Waals surface area contributed by atoms with Gasteiger partial charge in [0.05, 0.1) is 20.6 Å². The number of pyridine rings is 1. The van der Waals surface area contributed by atoms with E-state index < -0.39 is 0 Å². The maximum absolute atomic E-state index is 12.0. The van der Waals surface area contributed by atoms with Crippen LogP contribution in [-0.4, -0.2) is 4.98 Å². The summed E-state index contributed by atoms with van der Waals surface area (Å²) in [5.74, 6) is 0. The van der Waals surface area contributed by atoms with Crippen LogP contribution in [0.5, 0.6) is 0 Å². The van der Waals surface area contributed by atoms with E-state index in [1.165, 1.54) is 0 Å². The van der Waals surface area contributed by atoms with Gasteiger partial charge in [0, 0.05) is 21.8 Å². The lowest BCUT2D eigenvalue weighted by Gasteiger charge is -2.10. The van der Waals surface area contributed by atoms with Crippen molar-refractivity contribution < 1.29 is 0 Å². The summed E-state index contributed by atoms with van der Waals surface area (Å²) < 4.78 is 0. The van der Waals surface area contributed by atoms with Gasteiger partial charge in [-0.2, -0.15) is 0 Å². The molecule has 2 aromatic carbocycles. The average Bonchev–Trinajstić information content (AvgIpc) is 2.37. The quantitative estimate of drug-likeness (QED) is 0.371. The van der Waals surface area contributed by atoms with Gasteiger partial charge in [0.25, 0.3) is 5.56 Å². The Morgan fingerprint density at radius 3 is 2.53 bits per heavy atom. The Morgan fingerprint density at radius 1 is 1.05 bits per heavy atom. The Bertz CT molecular complexity index is 887. The lowest BCUT2D eigenvalue weighted by Crippen LogP contribution is -2.07. The van der Waals surface area contributed by atoms with Crippen LogP contribution in [-0.2, 0) is 0 Å². The van der Waals surface area contributed by atoms with Gasteiger partial charge < -0.3 is 10.7 Å². The Hall–Kier alpha value is -1.42. The van der Waals surface area contributed by atoms with Crippen molar-refractivity contribution >= 4 is 62.2 Å². The van der Waals surface area contributed by atoms with Gasteiger partial charge in [0.2, 0.25) is 0 Å². The van der Waals surface area contributed by atoms with Gasteiger partial charge in [-0.3, -0.25) is 4.79 Å². The molecule has 6 heteroatoms. The maximum atomic E-state index is 12.0. The molecule has 3 aromatic rings. The predicted octanol–water partition coefficient (Wildman–Crippen LogP) is 4.22. The van der Waals surface area contributed by atoms with E-state index in [0.29, 0.717) is 27.4 Å². The first kappa shape index (κ1) is 12.6. The Balaban J connectivity index is 2.74. The number of nitrogens with two attached hydrogens (primary N) is 1. The van der Waals surface area contributed by atoms with Gasteiger partial charge in [-0.25, -0.2) is 0 Å². The molecule has 0 atom stereocenters. The molecule has 0 amide bonds. The fourth-order valence-electron chi connectivity index (χ4n) is 2.17. The van der Waals surface area contributed by atoms with Crippen LogP contribution < -0.4 is 11.3 Å². The van der Waals surface area contributed by atoms with E-state index >= 15 is 0 Å². The number of benzene rings is 2. The summed E-state index contributed by atoms with van der Waals surface area (Å²) in [5.41, 5.74) is 6.69. The van der Waals surface area contributed by atoms with Crippen LogP contribution in [0.2, 0.25) is 15.1 Å². The van der Waals surface area contributed by atoms with Gasteiger partial charge in [0.15, 0.2) is 0 Å². The number of hydrogen-bond acceptors (Lipinski definition) is 2. The molecular formula is C13H7Cl3N2O. The Labute approximate surface area is 122 Å². The average molecular weight is 314 g/mol. The molecule has 3 nitrogen and oxygen atoms in total. The van der Waals surface area contributed by atoms with E-state index in [2.05, 4.69) is 4.98 Å². The summed E-state index contributed by atoms with van der Waals surface area (Å²) in [6, 6.07) is 6.67. The molecule has 0 aliphatic carbocycles. The third-order valence-electron chi connectivity index (χ3n) is 3.00. The minimum absolute atomic E-state index is 0.243. The number of nitrogen functional groups attached to an aromatic ring is 1. The van der Waals surface area contributed by atoms with Crippen molar-refractivity contribution in [2.24, 2.45) is 0 Å². The molecular weight excluding hydrogens is 307 g/mol. The maximum Gasteiger partial charge on any atom is 0.256 e. The highest BCUT2D eigenvalue weighted by atomic mass is 35.5. The summed E-state index contributed by atoms with van der Waals surface area (Å²) >= 11 is 18.3. The van der Waals surface area contributed by atoms with E-state index in [9.17, 15) is 4.79 Å². The van der Waals surface area contributed by atoms with Crippen LogP contribution >= 0.6 is 34.8 Å². The lowest BCUT2D eigenvalue weighted by atomic mass is 10.0. The van der Waals surface area contributed by atoms with Crippen molar-refractivity contribution in [1.82, 2.24) is 4.98 Å². The molecule has 0 fully saturated rings. The molecule has 1 heterocycles. The minimum atomic E-state index is -0.246. The molecule has 96 valence electrons. The molecule has 0 unspecified atom stereocenters. The smallest absolute Gasteiger partial charge is 0.256 e. The van der Waals surface area contributed by atoms with Gasteiger partial charge in [-0.15, -0.1) is 0 Å². The zero-order valence-electron chi connectivity index (χ0n) is 9.43. The zero-order valence-corrected chi connectivity index (χ0v) is 11.7. The summed E-state index contributed by atoms with van der Waals surface area (Å²) in [6.45, 7) is 0. The van der Waals surface area contributed by atoms with Crippen molar-refractivity contribution in [3.8, 4) is 0 Å². The number of H-pyrrole nitrogens is 1. The number of aromatic amines is 1. The largest absolute Gasteiger partial charge is 0.398 e. The van der Waals surface area contributed by atoms with Crippen LogP contribution in [0.25, 0.3) is 21.7 Å². The molecule has 1 aromatic heterocycles. The number of nitrogens with one attached hydrogen (secondary N) is 1. The van der Waals surface area contributed by atoms with Crippen molar-refractivity contribution in [1.29, 1.82) is 0 Å². The van der Waals surface area contributed by atoms with Crippen LogP contribution in [0, 0.1) is 0 Å². The molecule has 0 bridgehead atoms. The third kappa shape index (κ3) is 1.77. The fraction of sp³-hybridized carbons (Fsp3) is 0. The topological polar surface area (TPSA) is 58.9 Å². The highest BCUT2D eigenvalue weighted by molar-refractivity contribution is 6.51. The van der Waals surface area contributed by atoms with Crippen LogP contribution in [0.4, 0.5) is 5.69 Å². The van der Waals surface area contributed by atoms with Gasteiger partial charge in [-0.05, 0) is 18.2 Å². The van der Waals surface area contributed by atoms with Crippen LogP contribution in [0.3, 0.4) is 0 Å². The molecule has 3 rings (SSSR count). The SMILES string of the molecule is Nc1cccc2c(=O)[nH]c3cc(Cl)c(Cl)c(Cl)c3c12. The van der Waals surface area contributed by atoms with Crippen molar-refractivity contribution in [2.45, 2.75) is 0 Å². The van der Waals surface area contributed by atoms with Crippen molar-refractivity contribution in [2.75, 3.05) is 5.73 Å². The number of rotatable bonds is 0. The molecule has 0 spiro atoms. The second-order valence-corrected chi connectivity index (χ2v) is 5.30. The van der Waals surface area contributed by atoms with E-state index in [4.69, 9.17) is 40.5 Å². The van der Waals surface area contributed by atoms with Gasteiger partial charge in [-0.1, -0.05) is 40.9 Å². The van der Waals surface area contributed by atoms with Gasteiger partial charge >= 0.3 is 0 Å². The highest BCUT2D eigenvalue weighted by Crippen LogP contribution is 2.39. The molecule has 19 heavy (non-hydrogen) atoms. The summed E-state index contributed by atoms with van der Waals surface area (Å²) in [6.07, 6.45) is 0. The minimum Gasteiger partial charge on any atom is -0.398 e. The standard InChI is InChI=1S/C13H7Cl3N2O/c14-6-4-8-10(12(16)11(6)15)9-5(13(19)18-8)2-1-3-7(9)17/h1-4H,17H2,(H,18,19). The molecule has 0 aliphatic rings. The summed E-state index contributed by atoms with van der Waals surface area (Å²) in [4.78, 5) is 14.8. The second-order valence-electron chi connectivity index (χ2n) is 4.13. The van der Waals surface area contributed by atoms with E-state index in [1.54, 1.807) is 24.3 Å². The van der Waals surface area contributed by atoms with Crippen molar-refractivity contribution in [3.63, 3.8) is 0 Å². The molecule has 0 aliphatic heterocycles. The number of fused-ring (bicyclic) bond motifs is 3. The fourth-order valence-corrected chi connectivity index (χ4v) is 2.87. The molecule has 0 radical (unpaired) electrons. The molecule has 0 saturated carbocycles. The monoisotopic (exact) mass is 312 g/mol. The number of anilines is 1. The normalized spacial score (nSPS) is 11.3. The Morgan fingerprint density at radius 2 is 1.79 bits per heavy atom. The lowest BCUT2D eigenvalue weighted by molar-refractivity contribution is 1.34. The first-order valence-electron chi connectivity index (χ1n) is 5.38. The zero-order chi connectivity index (χ0) is 13.7.